The summed E-state index contributed by atoms with van der Waals surface area (Å²) in [5.41, 5.74) is 2.75. The molecular formula is C15H19N3O. The van der Waals surface area contributed by atoms with E-state index in [9.17, 15) is 4.79 Å². The van der Waals surface area contributed by atoms with E-state index in [0.29, 0.717) is 6.04 Å². The molecule has 0 saturated carbocycles. The Hall–Kier alpha value is -1.81. The number of amides is 1. The average molecular weight is 257 g/mol. The highest BCUT2D eigenvalue weighted by Gasteiger charge is 2.20. The third-order valence-corrected chi connectivity index (χ3v) is 3.80. The SMILES string of the molecule is Cc1[nH]c2ccccc2c1C(=O)NC1CCNCC1. The number of fused-ring (bicyclic) bond motifs is 1. The zero-order valence-electron chi connectivity index (χ0n) is 11.1. The van der Waals surface area contributed by atoms with Crippen LogP contribution in [-0.4, -0.2) is 30.0 Å². The molecule has 19 heavy (non-hydrogen) atoms. The lowest BCUT2D eigenvalue weighted by Gasteiger charge is -2.23. The molecule has 1 aromatic carbocycles. The van der Waals surface area contributed by atoms with Crippen molar-refractivity contribution in [1.29, 1.82) is 0 Å². The molecule has 3 N–H and O–H groups in total. The molecule has 1 fully saturated rings. The molecule has 4 nitrogen and oxygen atoms in total. The molecule has 0 aliphatic carbocycles. The highest BCUT2D eigenvalue weighted by atomic mass is 16.1. The summed E-state index contributed by atoms with van der Waals surface area (Å²) in [6.07, 6.45) is 2.01. The largest absolute Gasteiger partial charge is 0.358 e. The molecule has 2 heterocycles. The minimum absolute atomic E-state index is 0.0434. The number of rotatable bonds is 2. The van der Waals surface area contributed by atoms with Crippen LogP contribution in [0.15, 0.2) is 24.3 Å². The number of aryl methyl sites for hydroxylation is 1. The maximum absolute atomic E-state index is 12.5. The first-order valence-electron chi connectivity index (χ1n) is 6.84. The Kier molecular flexibility index (Phi) is 3.25. The molecule has 4 heteroatoms. The topological polar surface area (TPSA) is 56.9 Å². The normalized spacial score (nSPS) is 16.7. The lowest BCUT2D eigenvalue weighted by atomic mass is 10.1. The van der Waals surface area contributed by atoms with Gasteiger partial charge in [0.05, 0.1) is 5.56 Å². The molecule has 0 spiro atoms. The number of carbonyl (C=O) groups excluding carboxylic acids is 1. The fourth-order valence-electron chi connectivity index (χ4n) is 2.79. The summed E-state index contributed by atoms with van der Waals surface area (Å²) in [7, 11) is 0. The number of H-pyrrole nitrogens is 1. The summed E-state index contributed by atoms with van der Waals surface area (Å²) in [4.78, 5) is 15.7. The first-order chi connectivity index (χ1) is 9.25. The summed E-state index contributed by atoms with van der Waals surface area (Å²) < 4.78 is 0. The van der Waals surface area contributed by atoms with Crippen LogP contribution in [0, 0.1) is 6.92 Å². The molecule has 1 aliphatic rings. The lowest BCUT2D eigenvalue weighted by molar-refractivity contribution is 0.0930. The minimum Gasteiger partial charge on any atom is -0.358 e. The quantitative estimate of drug-likeness (QED) is 0.770. The van der Waals surface area contributed by atoms with Crippen molar-refractivity contribution in [2.24, 2.45) is 0 Å². The zero-order chi connectivity index (χ0) is 13.2. The van der Waals surface area contributed by atoms with E-state index in [0.717, 1.165) is 48.1 Å². The maximum atomic E-state index is 12.5. The van der Waals surface area contributed by atoms with E-state index < -0.39 is 0 Å². The summed E-state index contributed by atoms with van der Waals surface area (Å²) in [5, 5.41) is 7.47. The third-order valence-electron chi connectivity index (χ3n) is 3.80. The second-order valence-electron chi connectivity index (χ2n) is 5.17. The standard InChI is InChI=1S/C15H19N3O/c1-10-14(12-4-2-3-5-13(12)17-10)15(19)18-11-6-8-16-9-7-11/h2-5,11,16-17H,6-9H2,1H3,(H,18,19). The summed E-state index contributed by atoms with van der Waals surface area (Å²) in [6, 6.07) is 8.24. The zero-order valence-corrected chi connectivity index (χ0v) is 11.1. The number of aromatic nitrogens is 1. The fourth-order valence-corrected chi connectivity index (χ4v) is 2.79. The first-order valence-corrected chi connectivity index (χ1v) is 6.84. The number of para-hydroxylation sites is 1. The van der Waals surface area contributed by atoms with Crippen LogP contribution in [0.5, 0.6) is 0 Å². The van der Waals surface area contributed by atoms with Gasteiger partial charge in [0.1, 0.15) is 0 Å². The molecule has 3 rings (SSSR count). The van der Waals surface area contributed by atoms with Crippen molar-refractivity contribution in [3.63, 3.8) is 0 Å². The first kappa shape index (κ1) is 12.2. The second kappa shape index (κ2) is 5.05. The van der Waals surface area contributed by atoms with Crippen LogP contribution >= 0.6 is 0 Å². The summed E-state index contributed by atoms with van der Waals surface area (Å²) in [6.45, 7) is 3.92. The van der Waals surface area contributed by atoms with Crippen molar-refractivity contribution in [3.8, 4) is 0 Å². The molecule has 100 valence electrons. The number of piperidine rings is 1. The number of aromatic amines is 1. The van der Waals surface area contributed by atoms with E-state index in [1.807, 2.05) is 31.2 Å². The van der Waals surface area contributed by atoms with Crippen LogP contribution in [0.4, 0.5) is 0 Å². The van der Waals surface area contributed by atoms with Gasteiger partial charge < -0.3 is 15.6 Å². The van der Waals surface area contributed by atoms with Gasteiger partial charge in [-0.15, -0.1) is 0 Å². The van der Waals surface area contributed by atoms with Gasteiger partial charge in [-0.05, 0) is 38.9 Å². The number of hydrogen-bond donors (Lipinski definition) is 3. The minimum atomic E-state index is 0.0434. The Bertz CT molecular complexity index is 596. The molecule has 1 saturated heterocycles. The molecular weight excluding hydrogens is 238 g/mol. The van der Waals surface area contributed by atoms with Crippen molar-refractivity contribution < 1.29 is 4.79 Å². The molecule has 0 atom stereocenters. The molecule has 0 unspecified atom stereocenters. The molecule has 1 amide bonds. The Morgan fingerprint density at radius 2 is 2.00 bits per heavy atom. The van der Waals surface area contributed by atoms with Gasteiger partial charge in [0, 0.05) is 22.6 Å². The van der Waals surface area contributed by atoms with Crippen molar-refractivity contribution in [2.45, 2.75) is 25.8 Å². The molecule has 0 radical (unpaired) electrons. The van der Waals surface area contributed by atoms with Gasteiger partial charge in [-0.1, -0.05) is 18.2 Å². The highest BCUT2D eigenvalue weighted by molar-refractivity contribution is 6.08. The van der Waals surface area contributed by atoms with Crippen LogP contribution in [-0.2, 0) is 0 Å². The number of nitrogens with one attached hydrogen (secondary N) is 3. The van der Waals surface area contributed by atoms with Gasteiger partial charge in [-0.3, -0.25) is 4.79 Å². The third kappa shape index (κ3) is 2.36. The average Bonchev–Trinajstić information content (AvgIpc) is 2.75. The highest BCUT2D eigenvalue weighted by Crippen LogP contribution is 2.22. The van der Waals surface area contributed by atoms with Crippen LogP contribution in [0.1, 0.15) is 28.9 Å². The predicted octanol–water partition coefficient (Wildman–Crippen LogP) is 1.96. The summed E-state index contributed by atoms with van der Waals surface area (Å²) >= 11 is 0. The molecule has 2 aromatic rings. The van der Waals surface area contributed by atoms with Gasteiger partial charge in [0.15, 0.2) is 0 Å². The fraction of sp³-hybridized carbons (Fsp3) is 0.400. The van der Waals surface area contributed by atoms with E-state index in [1.54, 1.807) is 0 Å². The van der Waals surface area contributed by atoms with Crippen LogP contribution in [0.3, 0.4) is 0 Å². The predicted molar refractivity (Wildman–Crippen MR) is 76.4 cm³/mol. The Balaban J connectivity index is 1.86. The van der Waals surface area contributed by atoms with Crippen molar-refractivity contribution in [3.05, 3.63) is 35.5 Å². The summed E-state index contributed by atoms with van der Waals surface area (Å²) in [5.74, 6) is 0.0434. The van der Waals surface area contributed by atoms with Crippen LogP contribution in [0.25, 0.3) is 10.9 Å². The number of hydrogen-bond acceptors (Lipinski definition) is 2. The molecule has 0 bridgehead atoms. The number of carbonyl (C=O) groups is 1. The van der Waals surface area contributed by atoms with E-state index in [1.165, 1.54) is 0 Å². The molecule has 1 aliphatic heterocycles. The van der Waals surface area contributed by atoms with Crippen molar-refractivity contribution >= 4 is 16.8 Å². The lowest BCUT2D eigenvalue weighted by Crippen LogP contribution is -2.42. The van der Waals surface area contributed by atoms with E-state index in [-0.39, 0.29) is 5.91 Å². The second-order valence-corrected chi connectivity index (χ2v) is 5.17. The maximum Gasteiger partial charge on any atom is 0.253 e. The Morgan fingerprint density at radius 3 is 2.79 bits per heavy atom. The Labute approximate surface area is 112 Å². The number of benzene rings is 1. The van der Waals surface area contributed by atoms with Gasteiger partial charge in [-0.2, -0.15) is 0 Å². The monoisotopic (exact) mass is 257 g/mol. The van der Waals surface area contributed by atoms with Crippen molar-refractivity contribution in [2.75, 3.05) is 13.1 Å². The Morgan fingerprint density at radius 1 is 1.26 bits per heavy atom. The van der Waals surface area contributed by atoms with Gasteiger partial charge >= 0.3 is 0 Å². The van der Waals surface area contributed by atoms with E-state index in [4.69, 9.17) is 0 Å². The van der Waals surface area contributed by atoms with Crippen molar-refractivity contribution in [1.82, 2.24) is 15.6 Å². The van der Waals surface area contributed by atoms with Crippen LogP contribution < -0.4 is 10.6 Å². The smallest absolute Gasteiger partial charge is 0.253 e. The molecule has 1 aromatic heterocycles. The van der Waals surface area contributed by atoms with Gasteiger partial charge in [-0.25, -0.2) is 0 Å². The van der Waals surface area contributed by atoms with Crippen LogP contribution in [0.2, 0.25) is 0 Å². The van der Waals surface area contributed by atoms with E-state index in [2.05, 4.69) is 15.6 Å². The van der Waals surface area contributed by atoms with E-state index >= 15 is 0 Å². The van der Waals surface area contributed by atoms with Gasteiger partial charge in [0.2, 0.25) is 0 Å². The van der Waals surface area contributed by atoms with Gasteiger partial charge in [0.25, 0.3) is 5.91 Å².